The molecule has 2 fully saturated rings. The quantitative estimate of drug-likeness (QED) is 0.283. The van der Waals surface area contributed by atoms with Gasteiger partial charge in [-0.1, -0.05) is 41.9 Å². The maximum atomic E-state index is 15.7. The third-order valence-corrected chi connectivity index (χ3v) is 8.94. The van der Waals surface area contributed by atoms with Crippen molar-refractivity contribution in [2.45, 2.75) is 39.0 Å². The molecule has 0 bridgehead atoms. The number of aliphatic hydroxyl groups excluding tert-OH is 1. The Kier molecular flexibility index (Phi) is 10.3. The third kappa shape index (κ3) is 6.73. The van der Waals surface area contributed by atoms with E-state index in [4.69, 9.17) is 21.1 Å². The summed E-state index contributed by atoms with van der Waals surface area (Å²) in [6.45, 7) is 4.90. The Morgan fingerprint density at radius 3 is 2.59 bits per heavy atom. The number of rotatable bonds is 9. The van der Waals surface area contributed by atoms with Gasteiger partial charge >= 0.3 is 6.03 Å². The lowest BCUT2D eigenvalue weighted by Gasteiger charge is -2.33. The zero-order valence-electron chi connectivity index (χ0n) is 26.2. The summed E-state index contributed by atoms with van der Waals surface area (Å²) in [7, 11) is 2.90. The standard InChI is InChI=1S/C34H38ClFN4O6/c1-5-46-30-15-20(14-26(36)24(30)16-37-28-12-13-45-18-29(28)41)22-9-6-10-23(31(22)35)21-8-7-11-27(19(21)2)38-32(42)25-17-39(3)34(44)40(4)33(25)43/h6-11,14-15,25,28-29,37,41H,5,12-13,16-18H2,1-4H3,(H,38,42)/t25?,28-,29+/m1/s1. The van der Waals surface area contributed by atoms with E-state index in [2.05, 4.69) is 10.6 Å². The van der Waals surface area contributed by atoms with Crippen molar-refractivity contribution >= 4 is 35.1 Å². The van der Waals surface area contributed by atoms with Crippen LogP contribution in [0.1, 0.15) is 24.5 Å². The molecule has 0 aliphatic carbocycles. The molecule has 3 aromatic carbocycles. The normalized spacial score (nSPS) is 20.2. The van der Waals surface area contributed by atoms with Crippen LogP contribution < -0.4 is 15.4 Å². The summed E-state index contributed by atoms with van der Waals surface area (Å²) in [5.74, 6) is -2.21. The first-order valence-electron chi connectivity index (χ1n) is 15.2. The van der Waals surface area contributed by atoms with E-state index in [1.54, 1.807) is 31.3 Å². The Morgan fingerprint density at radius 2 is 1.85 bits per heavy atom. The molecule has 0 saturated carbocycles. The highest BCUT2D eigenvalue weighted by molar-refractivity contribution is 6.36. The molecule has 4 amide bonds. The van der Waals surface area contributed by atoms with Crippen LogP contribution >= 0.6 is 11.6 Å². The number of hydrogen-bond donors (Lipinski definition) is 3. The second kappa shape index (κ2) is 14.2. The summed E-state index contributed by atoms with van der Waals surface area (Å²) >= 11 is 7.00. The lowest BCUT2D eigenvalue weighted by Crippen LogP contribution is -2.56. The lowest BCUT2D eigenvalue weighted by atomic mass is 9.94. The Bertz CT molecular complexity index is 1650. The van der Waals surface area contributed by atoms with Gasteiger partial charge in [-0.25, -0.2) is 9.18 Å². The second-order valence-corrected chi connectivity index (χ2v) is 11.9. The van der Waals surface area contributed by atoms with Crippen LogP contribution in [0.5, 0.6) is 5.75 Å². The van der Waals surface area contributed by atoms with Gasteiger partial charge in [0.05, 0.1) is 24.3 Å². The second-order valence-electron chi connectivity index (χ2n) is 11.5. The SMILES string of the molecule is CCOc1cc(-c2cccc(-c3cccc(NC(=O)C4CN(C)C(=O)N(C)C4=O)c3C)c2Cl)cc(F)c1CN[C@@H]1CCOC[C@@H]1O. The van der Waals surface area contributed by atoms with Crippen LogP contribution in [-0.4, -0.2) is 85.4 Å². The molecule has 3 N–H and O–H groups in total. The van der Waals surface area contributed by atoms with Crippen molar-refractivity contribution in [3.05, 3.63) is 70.5 Å². The molecule has 2 aliphatic heterocycles. The number of urea groups is 1. The summed E-state index contributed by atoms with van der Waals surface area (Å²) in [4.78, 5) is 40.3. The number of benzene rings is 3. The predicted octanol–water partition coefficient (Wildman–Crippen LogP) is 4.84. The molecule has 3 aromatic rings. The molecule has 46 heavy (non-hydrogen) atoms. The first-order valence-corrected chi connectivity index (χ1v) is 15.6. The largest absolute Gasteiger partial charge is 0.493 e. The molecule has 2 aliphatic rings. The van der Waals surface area contributed by atoms with Crippen LogP contribution in [0.2, 0.25) is 5.02 Å². The summed E-state index contributed by atoms with van der Waals surface area (Å²) in [5.41, 5.74) is 4.10. The Hall–Kier alpha value is -4.03. The van der Waals surface area contributed by atoms with Gasteiger partial charge in [-0.05, 0) is 55.2 Å². The van der Waals surface area contributed by atoms with Crippen LogP contribution in [0, 0.1) is 18.7 Å². The molecule has 2 saturated heterocycles. The average molecular weight is 653 g/mol. The van der Waals surface area contributed by atoms with Crippen LogP contribution in [0.3, 0.4) is 0 Å². The molecular formula is C34H38ClFN4O6. The molecule has 0 spiro atoms. The van der Waals surface area contributed by atoms with Crippen molar-refractivity contribution < 1.29 is 33.4 Å². The van der Waals surface area contributed by atoms with Crippen LogP contribution in [-0.2, 0) is 20.9 Å². The Labute approximate surface area is 272 Å². The van der Waals surface area contributed by atoms with Crippen molar-refractivity contribution in [2.24, 2.45) is 5.92 Å². The zero-order chi connectivity index (χ0) is 33.1. The van der Waals surface area contributed by atoms with E-state index < -0.39 is 35.7 Å². The molecule has 244 valence electrons. The minimum absolute atomic E-state index is 0.0207. The van der Waals surface area contributed by atoms with Crippen molar-refractivity contribution in [1.29, 1.82) is 0 Å². The van der Waals surface area contributed by atoms with Gasteiger partial charge in [-0.15, -0.1) is 0 Å². The molecular weight excluding hydrogens is 615 g/mol. The van der Waals surface area contributed by atoms with Crippen LogP contribution in [0.25, 0.3) is 22.3 Å². The molecule has 0 aromatic heterocycles. The van der Waals surface area contributed by atoms with Gasteiger partial charge < -0.3 is 30.1 Å². The number of carbonyl (C=O) groups is 3. The number of nitrogens with zero attached hydrogens (tertiary/aromatic N) is 2. The van der Waals surface area contributed by atoms with E-state index in [1.807, 2.05) is 32.0 Å². The number of nitrogens with one attached hydrogen (secondary N) is 2. The van der Waals surface area contributed by atoms with Crippen molar-refractivity contribution in [3.63, 3.8) is 0 Å². The number of imide groups is 1. The van der Waals surface area contributed by atoms with Gasteiger partial charge in [0.1, 0.15) is 17.5 Å². The van der Waals surface area contributed by atoms with E-state index in [0.29, 0.717) is 63.9 Å². The molecule has 0 radical (unpaired) electrons. The van der Waals surface area contributed by atoms with Gasteiger partial charge in [0.25, 0.3) is 0 Å². The first-order chi connectivity index (χ1) is 22.0. The number of ether oxygens (including phenoxy) is 2. The number of amides is 4. The van der Waals surface area contributed by atoms with Gasteiger partial charge in [0, 0.05) is 62.2 Å². The monoisotopic (exact) mass is 652 g/mol. The van der Waals surface area contributed by atoms with Crippen molar-refractivity contribution in [1.82, 2.24) is 15.1 Å². The highest BCUT2D eigenvalue weighted by Gasteiger charge is 2.39. The van der Waals surface area contributed by atoms with Gasteiger partial charge in [0.15, 0.2) is 0 Å². The minimum atomic E-state index is -1.04. The minimum Gasteiger partial charge on any atom is -0.493 e. The lowest BCUT2D eigenvalue weighted by molar-refractivity contribution is -0.140. The Balaban J connectivity index is 1.42. The maximum Gasteiger partial charge on any atom is 0.326 e. The first kappa shape index (κ1) is 33.3. The molecule has 12 heteroatoms. The summed E-state index contributed by atoms with van der Waals surface area (Å²) < 4.78 is 26.8. The maximum absolute atomic E-state index is 15.7. The fraction of sp³-hybridized carbons (Fsp3) is 0.382. The molecule has 1 unspecified atom stereocenters. The molecule has 5 rings (SSSR count). The van der Waals surface area contributed by atoms with Gasteiger partial charge in [-0.3, -0.25) is 14.5 Å². The summed E-state index contributed by atoms with van der Waals surface area (Å²) in [6, 6.07) is 13.4. The number of halogens is 2. The number of hydrogen-bond acceptors (Lipinski definition) is 7. The van der Waals surface area contributed by atoms with E-state index in [-0.39, 0.29) is 25.7 Å². The van der Waals surface area contributed by atoms with Crippen molar-refractivity contribution in [3.8, 4) is 28.0 Å². The number of aliphatic hydroxyl groups is 1. The molecule has 2 heterocycles. The van der Waals surface area contributed by atoms with Crippen LogP contribution in [0.4, 0.5) is 14.9 Å². The topological polar surface area (TPSA) is 120 Å². The van der Waals surface area contributed by atoms with Crippen molar-refractivity contribution in [2.75, 3.05) is 45.8 Å². The van der Waals surface area contributed by atoms with E-state index in [1.165, 1.54) is 18.0 Å². The molecule has 10 nitrogen and oxygen atoms in total. The summed E-state index contributed by atoms with van der Waals surface area (Å²) in [6.07, 6.45) is -0.0568. The Morgan fingerprint density at radius 1 is 1.13 bits per heavy atom. The fourth-order valence-electron chi connectivity index (χ4n) is 5.87. The highest BCUT2D eigenvalue weighted by atomic mass is 35.5. The highest BCUT2D eigenvalue weighted by Crippen LogP contribution is 2.41. The molecule has 3 atom stereocenters. The fourth-order valence-corrected chi connectivity index (χ4v) is 6.21. The van der Waals surface area contributed by atoms with Gasteiger partial charge in [0.2, 0.25) is 11.8 Å². The average Bonchev–Trinajstić information content (AvgIpc) is 3.03. The zero-order valence-corrected chi connectivity index (χ0v) is 27.0. The number of carbonyl (C=O) groups excluding carboxylic acids is 3. The van der Waals surface area contributed by atoms with Crippen LogP contribution in [0.15, 0.2) is 48.5 Å². The van der Waals surface area contributed by atoms with E-state index >= 15 is 4.39 Å². The summed E-state index contributed by atoms with van der Waals surface area (Å²) in [5, 5.41) is 16.7. The van der Waals surface area contributed by atoms with Gasteiger partial charge in [-0.2, -0.15) is 0 Å². The number of anilines is 1. The van der Waals surface area contributed by atoms with E-state index in [0.717, 1.165) is 10.5 Å². The smallest absolute Gasteiger partial charge is 0.326 e. The van der Waals surface area contributed by atoms with E-state index in [9.17, 15) is 19.5 Å². The third-order valence-electron chi connectivity index (χ3n) is 8.53. The predicted molar refractivity (Wildman–Crippen MR) is 173 cm³/mol.